The number of benzene rings is 3. The maximum Gasteiger partial charge on any atom is 0.184 e. The van der Waals surface area contributed by atoms with Crippen LogP contribution in [0.5, 0.6) is 5.75 Å². The Morgan fingerprint density at radius 2 is 1.68 bits per heavy atom. The molecule has 178 valence electrons. The summed E-state index contributed by atoms with van der Waals surface area (Å²) in [7, 11) is 1.61. The Balaban J connectivity index is 1.39. The molecule has 3 aromatic carbocycles. The van der Waals surface area contributed by atoms with Gasteiger partial charge in [0.2, 0.25) is 0 Å². The van der Waals surface area contributed by atoms with Crippen LogP contribution < -0.4 is 4.74 Å². The Labute approximate surface area is 205 Å². The second-order valence-corrected chi connectivity index (χ2v) is 9.25. The summed E-state index contributed by atoms with van der Waals surface area (Å²) < 4.78 is 38.9. The molecular weight excluding hydrogens is 452 g/mol. The van der Waals surface area contributed by atoms with Crippen LogP contribution >= 0.6 is 11.8 Å². The smallest absolute Gasteiger partial charge is 0.184 e. The van der Waals surface area contributed by atoms with Gasteiger partial charge in [-0.15, -0.1) is 0 Å². The van der Waals surface area contributed by atoms with E-state index >= 15 is 0 Å². The molecule has 6 nitrogen and oxygen atoms in total. The van der Waals surface area contributed by atoms with Crippen LogP contribution in [0.2, 0.25) is 0 Å². The summed E-state index contributed by atoms with van der Waals surface area (Å²) in [5.74, 6) is 0.730. The Morgan fingerprint density at radius 3 is 2.38 bits per heavy atom. The van der Waals surface area contributed by atoms with Crippen molar-refractivity contribution >= 4 is 11.8 Å². The molecule has 5 rings (SSSR count). The lowest BCUT2D eigenvalue weighted by atomic mass is 9.98. The van der Waals surface area contributed by atoms with Crippen molar-refractivity contribution in [1.29, 1.82) is 0 Å². The van der Waals surface area contributed by atoms with Crippen LogP contribution in [-0.2, 0) is 25.6 Å². The summed E-state index contributed by atoms with van der Waals surface area (Å²) in [6, 6.07) is 26.7. The highest BCUT2D eigenvalue weighted by molar-refractivity contribution is 7.99. The molecule has 0 radical (unpaired) electrons. The van der Waals surface area contributed by atoms with Gasteiger partial charge >= 0.3 is 0 Å². The third-order valence-corrected chi connectivity index (χ3v) is 6.95. The minimum atomic E-state index is -2.07. The maximum absolute atomic E-state index is 11.5. The summed E-state index contributed by atoms with van der Waals surface area (Å²) in [4.78, 5) is 0.886. The average Bonchev–Trinajstić information content (AvgIpc) is 2.90. The Hall–Kier alpha value is -2.39. The predicted octanol–water partition coefficient (Wildman–Crippen LogP) is 4.57. The number of ether oxygens (including phenoxy) is 5. The monoisotopic (exact) mass is 481 g/mol. The third kappa shape index (κ3) is 5.30. The average molecular weight is 482 g/mol. The third-order valence-electron chi connectivity index (χ3n) is 5.84. The second kappa shape index (κ2) is 10.9. The molecule has 2 aliphatic heterocycles. The van der Waals surface area contributed by atoms with E-state index in [4.69, 9.17) is 25.1 Å². The highest BCUT2D eigenvalue weighted by Crippen LogP contribution is 2.40. The minimum Gasteiger partial charge on any atom is -0.497 e. The number of aliphatic hydroxyl groups is 1. The molecule has 7 heteroatoms. The van der Waals surface area contributed by atoms with Gasteiger partial charge in [0.25, 0.3) is 0 Å². The largest absolute Gasteiger partial charge is 0.497 e. The molecule has 0 amide bonds. The molecule has 0 spiro atoms. The molecule has 2 aliphatic rings. The van der Waals surface area contributed by atoms with Crippen molar-refractivity contribution in [3.63, 3.8) is 0 Å². The first-order chi connectivity index (χ1) is 17.0. The highest BCUT2D eigenvalue weighted by Gasteiger charge is 2.50. The number of thioether (sulfide) groups is 1. The van der Waals surface area contributed by atoms with Crippen LogP contribution in [0.1, 0.15) is 18.8 Å². The lowest BCUT2D eigenvalue weighted by Crippen LogP contribution is -2.61. The molecule has 2 fully saturated rings. The highest BCUT2D eigenvalue weighted by atomic mass is 32.2. The zero-order valence-electron chi connectivity index (χ0n) is 19.8. The summed E-state index contributed by atoms with van der Waals surface area (Å²) in [6.07, 6.45) is -4.92. The lowest BCUT2D eigenvalue weighted by molar-refractivity contribution is -0.325. The zero-order valence-corrected chi connectivity index (χ0v) is 19.6. The van der Waals surface area contributed by atoms with Gasteiger partial charge in [-0.25, -0.2) is 0 Å². The number of hydrogen-bond acceptors (Lipinski definition) is 7. The molecule has 3 aromatic rings. The molecule has 2 heterocycles. The molecule has 2 saturated heterocycles. The van der Waals surface area contributed by atoms with Crippen LogP contribution in [0.25, 0.3) is 0 Å². The second-order valence-electron chi connectivity index (χ2n) is 8.12. The van der Waals surface area contributed by atoms with Crippen molar-refractivity contribution in [2.45, 2.75) is 47.6 Å². The van der Waals surface area contributed by atoms with E-state index in [1.165, 1.54) is 11.8 Å². The van der Waals surface area contributed by atoms with Gasteiger partial charge in [-0.05, 0) is 29.8 Å². The molecule has 1 N–H and O–H groups in total. The normalized spacial score (nSPS) is 31.4. The van der Waals surface area contributed by atoms with Crippen LogP contribution in [-0.4, -0.2) is 48.7 Å². The van der Waals surface area contributed by atoms with Gasteiger partial charge in [0.15, 0.2) is 6.29 Å². The van der Waals surface area contributed by atoms with Gasteiger partial charge in [-0.3, -0.25) is 0 Å². The number of methoxy groups -OCH3 is 1. The Morgan fingerprint density at radius 1 is 0.971 bits per heavy atom. The quantitative estimate of drug-likeness (QED) is 0.530. The molecule has 1 unspecified atom stereocenters. The summed E-state index contributed by atoms with van der Waals surface area (Å²) >= 11 is 1.29. The lowest BCUT2D eigenvalue weighted by Gasteiger charge is -2.47. The molecule has 0 aliphatic carbocycles. The topological polar surface area (TPSA) is 66.4 Å². The molecule has 0 saturated carbocycles. The SMILES string of the molecule is [2H][C@@]1(O)[C@H](Sc2ccccc2)O[C@@H]2COC(c3ccc(OC)cc3)O[C@H]2[C@@H]1OCc1ccccc1. The van der Waals surface area contributed by atoms with Crippen LogP contribution in [0.3, 0.4) is 0 Å². The van der Waals surface area contributed by atoms with E-state index in [1.54, 1.807) is 7.11 Å². The fourth-order valence-electron chi connectivity index (χ4n) is 4.05. The van der Waals surface area contributed by atoms with Crippen molar-refractivity contribution < 1.29 is 30.2 Å². The molecule has 6 atom stereocenters. The van der Waals surface area contributed by atoms with Crippen molar-refractivity contribution in [1.82, 2.24) is 0 Å². The van der Waals surface area contributed by atoms with Crippen molar-refractivity contribution in [2.24, 2.45) is 0 Å². The van der Waals surface area contributed by atoms with Gasteiger partial charge in [-0.2, -0.15) is 0 Å². The molecular formula is C27H28O6S. The summed E-state index contributed by atoms with van der Waals surface area (Å²) in [5, 5.41) is 11.5. The van der Waals surface area contributed by atoms with Crippen molar-refractivity contribution in [3.8, 4) is 5.75 Å². The van der Waals surface area contributed by atoms with Crippen LogP contribution in [0.15, 0.2) is 89.8 Å². The fraction of sp³-hybridized carbons (Fsp3) is 0.333. The van der Waals surface area contributed by atoms with E-state index < -0.39 is 36.1 Å². The first kappa shape index (κ1) is 22.1. The predicted molar refractivity (Wildman–Crippen MR) is 129 cm³/mol. The van der Waals surface area contributed by atoms with Crippen LogP contribution in [0.4, 0.5) is 0 Å². The van der Waals surface area contributed by atoms with Gasteiger partial charge in [-0.1, -0.05) is 72.4 Å². The number of fused-ring (bicyclic) bond motifs is 1. The van der Waals surface area contributed by atoms with Gasteiger partial charge in [0, 0.05) is 10.5 Å². The van der Waals surface area contributed by atoms with E-state index in [0.29, 0.717) is 0 Å². The van der Waals surface area contributed by atoms with Gasteiger partial charge < -0.3 is 28.8 Å². The maximum atomic E-state index is 11.5. The number of rotatable bonds is 7. The zero-order chi connectivity index (χ0) is 24.3. The first-order valence-electron chi connectivity index (χ1n) is 11.7. The van der Waals surface area contributed by atoms with E-state index in [0.717, 1.165) is 21.8 Å². The summed E-state index contributed by atoms with van der Waals surface area (Å²) in [6.45, 7) is 0.477. The fourth-order valence-corrected chi connectivity index (χ4v) is 5.06. The van der Waals surface area contributed by atoms with Crippen molar-refractivity contribution in [3.05, 3.63) is 96.1 Å². The van der Waals surface area contributed by atoms with E-state index in [-0.39, 0.29) is 13.2 Å². The first-order valence-corrected chi connectivity index (χ1v) is 12.1. The van der Waals surface area contributed by atoms with Crippen LogP contribution in [0, 0.1) is 0 Å². The minimum absolute atomic E-state index is 0.232. The Bertz CT molecular complexity index is 1080. The van der Waals surface area contributed by atoms with Gasteiger partial charge in [0.05, 0.1) is 21.7 Å². The van der Waals surface area contributed by atoms with E-state index in [9.17, 15) is 5.11 Å². The molecule has 0 aromatic heterocycles. The molecule has 34 heavy (non-hydrogen) atoms. The Kier molecular flexibility index (Phi) is 7.09. The molecule has 0 bridgehead atoms. The standard InChI is InChI=1S/C27H28O6S/c1-29-20-14-12-19(13-15-20)26-31-17-22-24(33-26)25(30-16-18-8-4-2-5-9-18)23(28)27(32-22)34-21-10-6-3-7-11-21/h2-15,22-28H,16-17H2,1H3/t22-,23+,24-,25-,26?,27+/m1/s1/i23D. The summed E-state index contributed by atoms with van der Waals surface area (Å²) in [5.41, 5.74) is 0.856. The van der Waals surface area contributed by atoms with E-state index in [2.05, 4.69) is 0 Å². The van der Waals surface area contributed by atoms with Gasteiger partial charge in [0.1, 0.15) is 35.6 Å². The van der Waals surface area contributed by atoms with Crippen molar-refractivity contribution in [2.75, 3.05) is 13.7 Å². The number of hydrogen-bond donors (Lipinski definition) is 1. The van der Waals surface area contributed by atoms with E-state index in [1.807, 2.05) is 84.9 Å².